The number of carbonyl (C=O) groups excluding carboxylic acids is 3. The van der Waals surface area contributed by atoms with Crippen LogP contribution in [-0.2, 0) is 14.4 Å². The summed E-state index contributed by atoms with van der Waals surface area (Å²) in [4.78, 5) is 35.1. The molecule has 1 aromatic carbocycles. The lowest BCUT2D eigenvalue weighted by molar-refractivity contribution is -0.132. The Kier molecular flexibility index (Phi) is 7.53. The van der Waals surface area contributed by atoms with Crippen LogP contribution in [0.1, 0.15) is 20.8 Å². The van der Waals surface area contributed by atoms with E-state index in [-0.39, 0.29) is 17.6 Å². The summed E-state index contributed by atoms with van der Waals surface area (Å²) in [6, 6.07) is 5.37. The van der Waals surface area contributed by atoms with Crippen molar-refractivity contribution in [1.82, 2.24) is 16.2 Å². The van der Waals surface area contributed by atoms with Gasteiger partial charge in [0, 0.05) is 11.8 Å². The zero-order chi connectivity index (χ0) is 17.4. The minimum atomic E-state index is -0.743. The SMILES string of the molecule is CC(=O)N[C@@H](C(=O)NNC(=O)CSc1ccccc1F)C(C)C. The lowest BCUT2D eigenvalue weighted by Gasteiger charge is -2.20. The van der Waals surface area contributed by atoms with Crippen molar-refractivity contribution in [3.05, 3.63) is 30.1 Å². The molecule has 6 nitrogen and oxygen atoms in total. The second-order valence-electron chi connectivity index (χ2n) is 5.18. The van der Waals surface area contributed by atoms with E-state index in [1.165, 1.54) is 13.0 Å². The fourth-order valence-corrected chi connectivity index (χ4v) is 2.44. The van der Waals surface area contributed by atoms with Gasteiger partial charge >= 0.3 is 0 Å². The molecule has 0 bridgehead atoms. The fourth-order valence-electron chi connectivity index (χ4n) is 1.70. The van der Waals surface area contributed by atoms with Crippen LogP contribution in [-0.4, -0.2) is 29.5 Å². The average Bonchev–Trinajstić information content (AvgIpc) is 2.49. The molecule has 1 aromatic rings. The van der Waals surface area contributed by atoms with E-state index >= 15 is 0 Å². The van der Waals surface area contributed by atoms with Crippen molar-refractivity contribution in [3.8, 4) is 0 Å². The minimum Gasteiger partial charge on any atom is -0.344 e. The Morgan fingerprint density at radius 3 is 2.39 bits per heavy atom. The molecule has 0 spiro atoms. The zero-order valence-corrected chi connectivity index (χ0v) is 14.0. The van der Waals surface area contributed by atoms with E-state index in [9.17, 15) is 18.8 Å². The van der Waals surface area contributed by atoms with Gasteiger partial charge < -0.3 is 5.32 Å². The van der Waals surface area contributed by atoms with Gasteiger partial charge in [-0.1, -0.05) is 26.0 Å². The summed E-state index contributed by atoms with van der Waals surface area (Å²) in [5.41, 5.74) is 4.51. The number of rotatable bonds is 6. The summed E-state index contributed by atoms with van der Waals surface area (Å²) in [6.45, 7) is 4.86. The Morgan fingerprint density at radius 2 is 1.83 bits per heavy atom. The number of hydrazine groups is 1. The molecule has 0 fully saturated rings. The number of benzene rings is 1. The van der Waals surface area contributed by atoms with Gasteiger partial charge in [0.2, 0.25) is 11.8 Å². The predicted octanol–water partition coefficient (Wildman–Crippen LogP) is 1.23. The van der Waals surface area contributed by atoms with Gasteiger partial charge in [0.1, 0.15) is 11.9 Å². The smallest absolute Gasteiger partial charge is 0.261 e. The maximum atomic E-state index is 13.4. The van der Waals surface area contributed by atoms with Crippen molar-refractivity contribution >= 4 is 29.5 Å². The molecule has 1 rings (SSSR count). The number of hydrogen-bond acceptors (Lipinski definition) is 4. The molecule has 23 heavy (non-hydrogen) atoms. The molecule has 0 heterocycles. The Balaban J connectivity index is 2.44. The van der Waals surface area contributed by atoms with Crippen LogP contribution in [0, 0.1) is 11.7 Å². The third kappa shape index (κ3) is 6.68. The highest BCUT2D eigenvalue weighted by Crippen LogP contribution is 2.20. The molecule has 0 aliphatic rings. The van der Waals surface area contributed by atoms with Gasteiger partial charge in [-0.25, -0.2) is 4.39 Å². The highest BCUT2D eigenvalue weighted by molar-refractivity contribution is 8.00. The third-order valence-corrected chi connectivity index (χ3v) is 3.88. The quantitative estimate of drug-likeness (QED) is 0.536. The molecule has 0 aromatic heterocycles. The van der Waals surface area contributed by atoms with Crippen molar-refractivity contribution in [3.63, 3.8) is 0 Å². The van der Waals surface area contributed by atoms with Crippen molar-refractivity contribution in [2.75, 3.05) is 5.75 Å². The highest BCUT2D eigenvalue weighted by Gasteiger charge is 2.23. The van der Waals surface area contributed by atoms with Crippen LogP contribution in [0.4, 0.5) is 4.39 Å². The molecular weight excluding hydrogens is 321 g/mol. The Morgan fingerprint density at radius 1 is 1.17 bits per heavy atom. The first kappa shape index (κ1) is 19.0. The van der Waals surface area contributed by atoms with Crippen LogP contribution in [0.5, 0.6) is 0 Å². The van der Waals surface area contributed by atoms with Crippen LogP contribution in [0.3, 0.4) is 0 Å². The van der Waals surface area contributed by atoms with E-state index in [0.717, 1.165) is 11.8 Å². The Hall–Kier alpha value is -2.09. The zero-order valence-electron chi connectivity index (χ0n) is 13.2. The highest BCUT2D eigenvalue weighted by atomic mass is 32.2. The van der Waals surface area contributed by atoms with Crippen LogP contribution in [0.15, 0.2) is 29.2 Å². The number of amides is 3. The van der Waals surface area contributed by atoms with E-state index in [4.69, 9.17) is 0 Å². The van der Waals surface area contributed by atoms with Gasteiger partial charge in [-0.3, -0.25) is 25.2 Å². The molecule has 0 aliphatic carbocycles. The van der Waals surface area contributed by atoms with Gasteiger partial charge in [-0.2, -0.15) is 0 Å². The lowest BCUT2D eigenvalue weighted by Crippen LogP contribution is -2.54. The molecule has 0 aliphatic heterocycles. The number of carbonyl (C=O) groups is 3. The Bertz CT molecular complexity index is 581. The molecule has 3 amide bonds. The second kappa shape index (κ2) is 9.14. The normalized spacial score (nSPS) is 11.7. The van der Waals surface area contributed by atoms with Crippen molar-refractivity contribution < 1.29 is 18.8 Å². The van der Waals surface area contributed by atoms with E-state index in [1.807, 2.05) is 0 Å². The molecule has 0 radical (unpaired) electrons. The first-order valence-corrected chi connectivity index (χ1v) is 8.03. The van der Waals surface area contributed by atoms with Crippen molar-refractivity contribution in [2.24, 2.45) is 5.92 Å². The summed E-state index contributed by atoms with van der Waals surface area (Å²) < 4.78 is 13.4. The molecule has 0 saturated carbocycles. The largest absolute Gasteiger partial charge is 0.344 e. The van der Waals surface area contributed by atoms with E-state index < -0.39 is 23.7 Å². The molecule has 0 saturated heterocycles. The van der Waals surface area contributed by atoms with Crippen molar-refractivity contribution in [1.29, 1.82) is 0 Å². The standard InChI is InChI=1S/C15H20FN3O3S/c1-9(2)14(17-10(3)20)15(22)19-18-13(21)8-23-12-7-5-4-6-11(12)16/h4-7,9,14H,8H2,1-3H3,(H,17,20)(H,18,21)(H,19,22)/t14-/m1/s1. The summed E-state index contributed by atoms with van der Waals surface area (Å²) in [7, 11) is 0. The van der Waals surface area contributed by atoms with Gasteiger partial charge in [0.05, 0.1) is 5.75 Å². The van der Waals surface area contributed by atoms with Gasteiger partial charge in [-0.15, -0.1) is 11.8 Å². The average molecular weight is 341 g/mol. The van der Waals surface area contributed by atoms with Gasteiger partial charge in [0.25, 0.3) is 5.91 Å². The molecule has 8 heteroatoms. The van der Waals surface area contributed by atoms with Gasteiger partial charge in [0.15, 0.2) is 0 Å². The lowest BCUT2D eigenvalue weighted by atomic mass is 10.0. The first-order chi connectivity index (χ1) is 10.8. The van der Waals surface area contributed by atoms with Crippen LogP contribution in [0.2, 0.25) is 0 Å². The minimum absolute atomic E-state index is 0.0479. The molecule has 1 atom stereocenters. The second-order valence-corrected chi connectivity index (χ2v) is 6.20. The number of nitrogens with one attached hydrogen (secondary N) is 3. The summed E-state index contributed by atoms with van der Waals surface area (Å²) in [6.07, 6.45) is 0. The van der Waals surface area contributed by atoms with Crippen LogP contribution in [0.25, 0.3) is 0 Å². The number of halogens is 1. The van der Waals surface area contributed by atoms with E-state index in [0.29, 0.717) is 4.90 Å². The first-order valence-electron chi connectivity index (χ1n) is 7.04. The number of hydrogen-bond donors (Lipinski definition) is 3. The molecule has 126 valence electrons. The summed E-state index contributed by atoms with van der Waals surface area (Å²) >= 11 is 1.02. The van der Waals surface area contributed by atoms with Crippen LogP contribution >= 0.6 is 11.8 Å². The molecule has 0 unspecified atom stereocenters. The van der Waals surface area contributed by atoms with Crippen LogP contribution < -0.4 is 16.2 Å². The monoisotopic (exact) mass is 341 g/mol. The fraction of sp³-hybridized carbons (Fsp3) is 0.400. The maximum absolute atomic E-state index is 13.4. The maximum Gasteiger partial charge on any atom is 0.261 e. The third-order valence-electron chi connectivity index (χ3n) is 2.83. The van der Waals surface area contributed by atoms with E-state index in [1.54, 1.807) is 32.0 Å². The Labute approximate surface area is 138 Å². The summed E-state index contributed by atoms with van der Waals surface area (Å²) in [5.74, 6) is -1.91. The molecule has 3 N–H and O–H groups in total. The predicted molar refractivity (Wildman–Crippen MR) is 85.9 cm³/mol. The topological polar surface area (TPSA) is 87.3 Å². The van der Waals surface area contributed by atoms with Crippen molar-refractivity contribution in [2.45, 2.75) is 31.7 Å². The summed E-state index contributed by atoms with van der Waals surface area (Å²) in [5, 5.41) is 2.51. The van der Waals surface area contributed by atoms with Gasteiger partial charge in [-0.05, 0) is 18.1 Å². The molecular formula is C15H20FN3O3S. The number of thioether (sulfide) groups is 1. The van der Waals surface area contributed by atoms with E-state index in [2.05, 4.69) is 16.2 Å².